The Morgan fingerprint density at radius 2 is 1.72 bits per heavy atom. The van der Waals surface area contributed by atoms with Gasteiger partial charge in [0.2, 0.25) is 15.9 Å². The van der Waals surface area contributed by atoms with Gasteiger partial charge >= 0.3 is 0 Å². The quantitative estimate of drug-likeness (QED) is 0.111. The molecule has 0 saturated heterocycles. The van der Waals surface area contributed by atoms with E-state index >= 15 is 13.6 Å². The van der Waals surface area contributed by atoms with Crippen molar-refractivity contribution >= 4 is 55.2 Å². The average Bonchev–Trinajstić information content (AvgIpc) is 3.73. The van der Waals surface area contributed by atoms with Gasteiger partial charge in [-0.1, -0.05) is 17.7 Å². The van der Waals surface area contributed by atoms with Crippen LogP contribution >= 0.6 is 11.6 Å². The molecule has 65 heavy (non-hydrogen) atoms. The van der Waals surface area contributed by atoms with Gasteiger partial charge in [0.05, 0.1) is 56.1 Å². The number of fused-ring (bicyclic) bond motifs is 5. The molecular weight excluding hydrogens is 916 g/mol. The second-order valence-electron chi connectivity index (χ2n) is 15.8. The minimum Gasteiger partial charge on any atom is -0.368 e. The lowest BCUT2D eigenvalue weighted by atomic mass is 9.89. The largest absolute Gasteiger partial charge is 0.368 e. The Morgan fingerprint density at radius 1 is 1.02 bits per heavy atom. The van der Waals surface area contributed by atoms with Gasteiger partial charge in [-0.15, -0.1) is 0 Å². The fourth-order valence-electron chi connectivity index (χ4n) is 8.91. The summed E-state index contributed by atoms with van der Waals surface area (Å²) in [6, 6.07) is 6.41. The number of nitrogens with zero attached hydrogens (tertiary/aromatic N) is 8. The first-order valence-corrected chi connectivity index (χ1v) is 21.7. The molecule has 7 aromatic rings. The number of sulfonamides is 1. The van der Waals surface area contributed by atoms with Crippen LogP contribution < -0.4 is 16.0 Å². The van der Waals surface area contributed by atoms with Crippen LogP contribution in [0.25, 0.3) is 38.8 Å². The molecule has 4 aromatic heterocycles. The molecular formula is C41H31ClF8N10O4S. The van der Waals surface area contributed by atoms with E-state index < -0.39 is 128 Å². The lowest BCUT2D eigenvalue weighted by Crippen LogP contribution is -2.39. The van der Waals surface area contributed by atoms with E-state index in [0.29, 0.717) is 32.4 Å². The van der Waals surface area contributed by atoms with E-state index in [4.69, 9.17) is 22.3 Å². The van der Waals surface area contributed by atoms with Crippen molar-refractivity contribution in [3.8, 4) is 16.9 Å². The van der Waals surface area contributed by atoms with Crippen molar-refractivity contribution in [1.29, 1.82) is 0 Å². The maximum atomic E-state index is 16.3. The Morgan fingerprint density at radius 3 is 2.37 bits per heavy atom. The van der Waals surface area contributed by atoms with Gasteiger partial charge in [0.25, 0.3) is 24.3 Å². The fourth-order valence-corrected chi connectivity index (χ4v) is 9.64. The number of alkyl halides is 6. The normalized spacial score (nSPS) is 17.5. The first-order chi connectivity index (χ1) is 30.6. The van der Waals surface area contributed by atoms with Crippen LogP contribution in [0.3, 0.4) is 0 Å². The highest BCUT2D eigenvalue weighted by molar-refractivity contribution is 7.92. The SMILES string of the molecule is Cc1nccnc1-c1ccc2c(=O)n(-c3ccc(Cl)c4c(NS(C)(=O)=O)nn(CC(F)F)c34)c([C@@H](Cc3cc(F)cc(F)c3)C(C(N)=O)n3nc(C(F)F)c4c3C(F)(F)[C@@H]3C[C@H]43)nc2c1. The molecule has 0 bridgehead atoms. The lowest BCUT2D eigenvalue weighted by molar-refractivity contribution is -0.122. The molecule has 4 atom stereocenters. The zero-order valence-corrected chi connectivity index (χ0v) is 35.0. The predicted octanol–water partition coefficient (Wildman–Crippen LogP) is 7.46. The predicted molar refractivity (Wildman–Crippen MR) is 219 cm³/mol. The number of nitrogens with one attached hydrogen (secondary N) is 1. The molecule has 2 aliphatic rings. The van der Waals surface area contributed by atoms with E-state index in [2.05, 4.69) is 24.9 Å². The van der Waals surface area contributed by atoms with E-state index in [-0.39, 0.29) is 33.3 Å². The average molecular weight is 947 g/mol. The summed E-state index contributed by atoms with van der Waals surface area (Å²) < 4.78 is 150. The van der Waals surface area contributed by atoms with Crippen molar-refractivity contribution < 1.29 is 48.3 Å². The van der Waals surface area contributed by atoms with Crippen LogP contribution in [0.5, 0.6) is 0 Å². The Hall–Kier alpha value is -6.49. The van der Waals surface area contributed by atoms with E-state index in [9.17, 15) is 39.6 Å². The molecule has 1 saturated carbocycles. The number of aromatic nitrogens is 8. The highest BCUT2D eigenvalue weighted by Crippen LogP contribution is 2.68. The summed E-state index contributed by atoms with van der Waals surface area (Å²) in [6.07, 6.45) is -3.94. The summed E-state index contributed by atoms with van der Waals surface area (Å²) in [6.45, 7) is 0.427. The van der Waals surface area contributed by atoms with Crippen LogP contribution in [0.1, 0.15) is 64.8 Å². The van der Waals surface area contributed by atoms with Gasteiger partial charge < -0.3 is 5.73 Å². The number of amides is 1. The van der Waals surface area contributed by atoms with Crippen molar-refractivity contribution in [3.63, 3.8) is 0 Å². The van der Waals surface area contributed by atoms with Gasteiger partial charge in [-0.2, -0.15) is 19.0 Å². The third kappa shape index (κ3) is 7.52. The standard InChI is InChI=1S/C41H31ClF8N10O4S/c1-16-31(53-8-7-52-16)18-3-4-21-26(12-18)54-39(59(40(21)62)27-6-5-25(42)30-34(27)58(15-28(45)46)56-38(30)57-65(2,63)64)23(11-17-9-19(43)13-20(44)10-17)33(37(51)61)60-35-29(32(55-60)36(47)48)22-14-24(22)41(35,49)50/h3-10,12-13,22-24,28,33,36H,11,14-15H2,1-2H3,(H2,51,61)(H,56,57)/t22-,23-,24+,33?/m0/s1. The zero-order valence-electron chi connectivity index (χ0n) is 33.5. The van der Waals surface area contributed by atoms with Crippen LogP contribution in [-0.2, 0) is 33.7 Å². The van der Waals surface area contributed by atoms with Gasteiger partial charge in [-0.3, -0.25) is 33.5 Å². The van der Waals surface area contributed by atoms with Gasteiger partial charge in [0.1, 0.15) is 41.4 Å². The van der Waals surface area contributed by atoms with Crippen LogP contribution in [0.4, 0.5) is 40.9 Å². The van der Waals surface area contributed by atoms with Gasteiger partial charge in [0, 0.05) is 35.5 Å². The summed E-state index contributed by atoms with van der Waals surface area (Å²) >= 11 is 6.59. The minimum atomic E-state index is -4.18. The van der Waals surface area contributed by atoms with Crippen molar-refractivity contribution in [3.05, 3.63) is 122 Å². The topological polar surface area (TPSA) is 186 Å². The smallest absolute Gasteiger partial charge is 0.293 e. The molecule has 1 unspecified atom stereocenters. The van der Waals surface area contributed by atoms with Crippen molar-refractivity contribution in [2.24, 2.45) is 11.7 Å². The molecule has 0 spiro atoms. The van der Waals surface area contributed by atoms with E-state index in [0.717, 1.165) is 35.1 Å². The maximum Gasteiger partial charge on any atom is 0.293 e. The van der Waals surface area contributed by atoms with E-state index in [1.807, 2.05) is 0 Å². The Bertz CT molecular complexity index is 3290. The van der Waals surface area contributed by atoms with Crippen LogP contribution in [0.2, 0.25) is 5.02 Å². The molecule has 2 aliphatic carbocycles. The van der Waals surface area contributed by atoms with Crippen LogP contribution in [-0.4, -0.2) is 66.1 Å². The number of aryl methyl sites for hydroxylation is 1. The fraction of sp³-hybridized carbons (Fsp3) is 0.293. The molecule has 14 nitrogen and oxygen atoms in total. The Kier molecular flexibility index (Phi) is 10.5. The monoisotopic (exact) mass is 946 g/mol. The molecule has 0 radical (unpaired) electrons. The number of primary amides is 1. The zero-order chi connectivity index (χ0) is 46.6. The first-order valence-electron chi connectivity index (χ1n) is 19.5. The number of hydrogen-bond donors (Lipinski definition) is 2. The summed E-state index contributed by atoms with van der Waals surface area (Å²) in [7, 11) is -4.18. The molecule has 338 valence electrons. The molecule has 9 rings (SSSR count). The third-order valence-electron chi connectivity index (χ3n) is 11.5. The van der Waals surface area contributed by atoms with Crippen molar-refractivity contribution in [1.82, 2.24) is 39.1 Å². The van der Waals surface area contributed by atoms with Crippen LogP contribution in [0, 0.1) is 24.5 Å². The number of nitrogens with two attached hydrogens (primary N) is 1. The summed E-state index contributed by atoms with van der Waals surface area (Å²) in [5.41, 5.74) is 2.32. The van der Waals surface area contributed by atoms with Crippen LogP contribution in [0.15, 0.2) is 65.7 Å². The highest BCUT2D eigenvalue weighted by atomic mass is 35.5. The molecule has 4 heterocycles. The minimum absolute atomic E-state index is 0.154. The number of carbonyl (C=O) groups excluding carboxylic acids is 1. The third-order valence-corrected chi connectivity index (χ3v) is 12.4. The lowest BCUT2D eigenvalue weighted by Gasteiger charge is -2.30. The summed E-state index contributed by atoms with van der Waals surface area (Å²) in [5, 5.41) is 7.18. The molecule has 24 heteroatoms. The number of benzene rings is 3. The summed E-state index contributed by atoms with van der Waals surface area (Å²) in [5.74, 6) is -13.1. The van der Waals surface area contributed by atoms with Gasteiger partial charge in [0.15, 0.2) is 5.82 Å². The van der Waals surface area contributed by atoms with Crippen molar-refractivity contribution in [2.45, 2.75) is 63.0 Å². The first kappa shape index (κ1) is 43.7. The number of halogens is 9. The summed E-state index contributed by atoms with van der Waals surface area (Å²) in [4.78, 5) is 42.7. The van der Waals surface area contributed by atoms with Gasteiger partial charge in [-0.25, -0.2) is 44.4 Å². The van der Waals surface area contributed by atoms with Gasteiger partial charge in [-0.05, 0) is 67.6 Å². The molecule has 0 aliphatic heterocycles. The molecule has 3 N–H and O–H groups in total. The molecule has 1 fully saturated rings. The number of carbonyl (C=O) groups is 1. The second-order valence-corrected chi connectivity index (χ2v) is 18.0. The molecule has 1 amide bonds. The Balaban J connectivity index is 1.42. The highest BCUT2D eigenvalue weighted by Gasteiger charge is 2.68. The van der Waals surface area contributed by atoms with E-state index in [1.165, 1.54) is 30.6 Å². The van der Waals surface area contributed by atoms with E-state index in [1.54, 1.807) is 6.92 Å². The maximum absolute atomic E-state index is 16.3. The second kappa shape index (κ2) is 15.6. The number of rotatable bonds is 13. The Labute approximate surface area is 366 Å². The van der Waals surface area contributed by atoms with Crippen molar-refractivity contribution in [2.75, 3.05) is 11.0 Å². The number of anilines is 1. The number of hydrogen-bond acceptors (Lipinski definition) is 9. The molecule has 3 aromatic carbocycles.